The van der Waals surface area contributed by atoms with Crippen molar-refractivity contribution in [2.75, 3.05) is 11.9 Å². The van der Waals surface area contributed by atoms with E-state index in [1.165, 1.54) is 44.7 Å². The van der Waals surface area contributed by atoms with Gasteiger partial charge in [-0.25, -0.2) is 9.48 Å². The van der Waals surface area contributed by atoms with Crippen LogP contribution in [-0.2, 0) is 9.53 Å². The molecule has 1 N–H and O–H groups in total. The number of para-hydroxylation sites is 1. The van der Waals surface area contributed by atoms with Gasteiger partial charge in [-0.05, 0) is 80.8 Å². The van der Waals surface area contributed by atoms with E-state index in [4.69, 9.17) is 4.74 Å². The highest BCUT2D eigenvalue weighted by molar-refractivity contribution is 6.00. The van der Waals surface area contributed by atoms with E-state index < -0.39 is 5.97 Å². The van der Waals surface area contributed by atoms with Crippen LogP contribution in [0.3, 0.4) is 0 Å². The van der Waals surface area contributed by atoms with E-state index in [2.05, 4.69) is 10.4 Å². The summed E-state index contributed by atoms with van der Waals surface area (Å²) in [6.07, 6.45) is 9.60. The van der Waals surface area contributed by atoms with Crippen LogP contribution in [-0.4, -0.2) is 28.3 Å². The quantitative estimate of drug-likeness (QED) is 0.711. The fourth-order valence-corrected chi connectivity index (χ4v) is 6.62. The Balaban J connectivity index is 1.40. The highest BCUT2D eigenvalue weighted by Crippen LogP contribution is 2.61. The lowest BCUT2D eigenvalue weighted by atomic mass is 9.49. The van der Waals surface area contributed by atoms with Gasteiger partial charge < -0.3 is 10.1 Å². The number of carbonyl (C=O) groups excluding carboxylic acids is 2. The molecule has 0 atom stereocenters. The smallest absolute Gasteiger partial charge is 0.343 e. The first-order valence-electron chi connectivity index (χ1n) is 11.2. The molecule has 6 rings (SSSR count). The van der Waals surface area contributed by atoms with Crippen LogP contribution < -0.4 is 5.32 Å². The van der Waals surface area contributed by atoms with Crippen LogP contribution in [0.5, 0.6) is 0 Å². The SMILES string of the molecule is CCOC(=O)c1cnn(-c2ccccc2)c1NC(=O)CC12CC3CC(CC(C3)C1)C2. The molecular formula is C24H29N3O3. The summed E-state index contributed by atoms with van der Waals surface area (Å²) in [5.74, 6) is 2.30. The monoisotopic (exact) mass is 407 g/mol. The molecule has 2 aromatic rings. The van der Waals surface area contributed by atoms with Gasteiger partial charge in [0.25, 0.3) is 0 Å². The molecule has 0 radical (unpaired) electrons. The second kappa shape index (κ2) is 7.56. The average molecular weight is 408 g/mol. The first kappa shape index (κ1) is 19.3. The second-order valence-electron chi connectivity index (χ2n) is 9.52. The summed E-state index contributed by atoms with van der Waals surface area (Å²) in [5, 5.41) is 7.40. The zero-order valence-corrected chi connectivity index (χ0v) is 17.5. The zero-order chi connectivity index (χ0) is 20.7. The summed E-state index contributed by atoms with van der Waals surface area (Å²) in [6, 6.07) is 9.53. The summed E-state index contributed by atoms with van der Waals surface area (Å²) in [4.78, 5) is 25.7. The van der Waals surface area contributed by atoms with Crippen LogP contribution in [0.1, 0.15) is 62.2 Å². The van der Waals surface area contributed by atoms with Gasteiger partial charge in [-0.2, -0.15) is 5.10 Å². The van der Waals surface area contributed by atoms with E-state index >= 15 is 0 Å². The number of aromatic nitrogens is 2. The number of anilines is 1. The molecule has 1 heterocycles. The lowest BCUT2D eigenvalue weighted by molar-refractivity contribution is -0.124. The Morgan fingerprint density at radius 3 is 2.33 bits per heavy atom. The van der Waals surface area contributed by atoms with E-state index in [-0.39, 0.29) is 17.9 Å². The fraction of sp³-hybridized carbons (Fsp3) is 0.542. The van der Waals surface area contributed by atoms with Crippen molar-refractivity contribution < 1.29 is 14.3 Å². The van der Waals surface area contributed by atoms with Crippen molar-refractivity contribution in [3.8, 4) is 5.69 Å². The first-order chi connectivity index (χ1) is 14.5. The minimum Gasteiger partial charge on any atom is -0.462 e. The molecule has 4 aliphatic carbocycles. The Kier molecular flexibility index (Phi) is 4.88. The topological polar surface area (TPSA) is 73.2 Å². The van der Waals surface area contributed by atoms with Crippen molar-refractivity contribution in [1.29, 1.82) is 0 Å². The number of benzene rings is 1. The van der Waals surface area contributed by atoms with Crippen LogP contribution in [0.4, 0.5) is 5.82 Å². The van der Waals surface area contributed by atoms with Crippen LogP contribution in [0, 0.1) is 23.2 Å². The van der Waals surface area contributed by atoms with Gasteiger partial charge in [-0.15, -0.1) is 0 Å². The summed E-state index contributed by atoms with van der Waals surface area (Å²) in [6.45, 7) is 2.04. The van der Waals surface area contributed by atoms with E-state index in [0.717, 1.165) is 23.4 Å². The van der Waals surface area contributed by atoms with Crippen molar-refractivity contribution in [3.05, 3.63) is 42.1 Å². The largest absolute Gasteiger partial charge is 0.462 e. The molecule has 6 heteroatoms. The molecule has 1 aromatic heterocycles. The average Bonchev–Trinajstić information content (AvgIpc) is 3.10. The van der Waals surface area contributed by atoms with E-state index in [1.54, 1.807) is 11.6 Å². The molecular weight excluding hydrogens is 378 g/mol. The molecule has 30 heavy (non-hydrogen) atoms. The third-order valence-corrected chi connectivity index (χ3v) is 7.22. The Labute approximate surface area is 177 Å². The van der Waals surface area contributed by atoms with Gasteiger partial charge in [0.2, 0.25) is 5.91 Å². The number of amides is 1. The molecule has 0 aliphatic heterocycles. The van der Waals surface area contributed by atoms with Crippen molar-refractivity contribution in [2.45, 2.75) is 51.9 Å². The maximum atomic E-state index is 13.2. The highest BCUT2D eigenvalue weighted by Gasteiger charge is 2.51. The number of hydrogen-bond donors (Lipinski definition) is 1. The zero-order valence-electron chi connectivity index (χ0n) is 17.5. The number of hydrogen-bond acceptors (Lipinski definition) is 4. The first-order valence-corrected chi connectivity index (χ1v) is 11.2. The van der Waals surface area contributed by atoms with Gasteiger partial charge in [0.05, 0.1) is 18.5 Å². The Morgan fingerprint density at radius 1 is 1.10 bits per heavy atom. The molecule has 0 saturated heterocycles. The number of nitrogens with zero attached hydrogens (tertiary/aromatic N) is 2. The number of ether oxygens (including phenoxy) is 1. The van der Waals surface area contributed by atoms with Gasteiger partial charge in [0.15, 0.2) is 5.82 Å². The predicted molar refractivity (Wildman–Crippen MR) is 113 cm³/mol. The number of carbonyl (C=O) groups is 2. The van der Waals surface area contributed by atoms with E-state index in [9.17, 15) is 9.59 Å². The van der Waals surface area contributed by atoms with Crippen molar-refractivity contribution in [1.82, 2.24) is 9.78 Å². The molecule has 0 spiro atoms. The van der Waals surface area contributed by atoms with E-state index in [0.29, 0.717) is 17.8 Å². The second-order valence-corrected chi connectivity index (χ2v) is 9.52. The van der Waals surface area contributed by atoms with Gasteiger partial charge in [0, 0.05) is 6.42 Å². The molecule has 6 nitrogen and oxygen atoms in total. The van der Waals surface area contributed by atoms with Gasteiger partial charge in [0.1, 0.15) is 5.56 Å². The minimum absolute atomic E-state index is 0.0276. The molecule has 4 saturated carbocycles. The summed E-state index contributed by atoms with van der Waals surface area (Å²) in [7, 11) is 0. The van der Waals surface area contributed by atoms with Gasteiger partial charge in [-0.3, -0.25) is 4.79 Å². The van der Waals surface area contributed by atoms with Crippen LogP contribution in [0.2, 0.25) is 0 Å². The molecule has 4 aliphatic rings. The standard InChI is InChI=1S/C24H29N3O3/c1-2-30-23(29)20-15-25-27(19-6-4-3-5-7-19)22(20)26-21(28)14-24-11-16-8-17(12-24)10-18(9-16)13-24/h3-7,15-18H,2,8-14H2,1H3,(H,26,28). The summed E-state index contributed by atoms with van der Waals surface area (Å²) < 4.78 is 6.80. The minimum atomic E-state index is -0.468. The van der Waals surface area contributed by atoms with Crippen LogP contribution in [0.25, 0.3) is 5.69 Å². The highest BCUT2D eigenvalue weighted by atomic mass is 16.5. The van der Waals surface area contributed by atoms with Crippen molar-refractivity contribution in [2.24, 2.45) is 23.2 Å². The molecule has 4 fully saturated rings. The van der Waals surface area contributed by atoms with E-state index in [1.807, 2.05) is 30.3 Å². The third-order valence-electron chi connectivity index (χ3n) is 7.22. The lowest BCUT2D eigenvalue weighted by Gasteiger charge is -2.56. The third kappa shape index (κ3) is 3.53. The maximum absolute atomic E-state index is 13.2. The number of nitrogens with one attached hydrogen (secondary N) is 1. The van der Waals surface area contributed by atoms with Crippen LogP contribution in [0.15, 0.2) is 36.5 Å². The molecule has 4 bridgehead atoms. The van der Waals surface area contributed by atoms with Crippen molar-refractivity contribution in [3.63, 3.8) is 0 Å². The van der Waals surface area contributed by atoms with Gasteiger partial charge >= 0.3 is 5.97 Å². The summed E-state index contributed by atoms with van der Waals surface area (Å²) in [5.41, 5.74) is 1.22. The Morgan fingerprint density at radius 2 is 1.73 bits per heavy atom. The molecule has 158 valence electrons. The fourth-order valence-electron chi connectivity index (χ4n) is 6.62. The molecule has 1 aromatic carbocycles. The molecule has 1 amide bonds. The van der Waals surface area contributed by atoms with Crippen LogP contribution >= 0.6 is 0 Å². The number of esters is 1. The summed E-state index contributed by atoms with van der Waals surface area (Å²) >= 11 is 0. The van der Waals surface area contributed by atoms with Crippen molar-refractivity contribution >= 4 is 17.7 Å². The van der Waals surface area contributed by atoms with Gasteiger partial charge in [-0.1, -0.05) is 18.2 Å². The lowest BCUT2D eigenvalue weighted by Crippen LogP contribution is -2.47. The number of rotatable bonds is 6. The maximum Gasteiger partial charge on any atom is 0.343 e. The normalized spacial score (nSPS) is 29.0. The Hall–Kier alpha value is -2.63. The molecule has 0 unspecified atom stereocenters. The Bertz CT molecular complexity index is 915. The predicted octanol–water partition coefficient (Wildman–Crippen LogP) is 4.59.